The van der Waals surface area contributed by atoms with Crippen LogP contribution >= 0.6 is 0 Å². The van der Waals surface area contributed by atoms with Crippen molar-refractivity contribution in [2.45, 2.75) is 64.0 Å². The first kappa shape index (κ1) is 16.9. The summed E-state index contributed by atoms with van der Waals surface area (Å²) < 4.78 is 5.20. The molecule has 0 aromatic heterocycles. The Morgan fingerprint density at radius 3 is 2.05 bits per heavy atom. The lowest BCUT2D eigenvalue weighted by molar-refractivity contribution is -0.118. The van der Waals surface area contributed by atoms with E-state index in [1.807, 2.05) is 0 Å². The molecule has 1 rings (SSSR count). The van der Waals surface area contributed by atoms with Gasteiger partial charge < -0.3 is 20.1 Å². The molecule has 0 radical (unpaired) electrons. The highest BCUT2D eigenvalue weighted by molar-refractivity contribution is 5.78. The highest BCUT2D eigenvalue weighted by Crippen LogP contribution is 2.29. The van der Waals surface area contributed by atoms with Gasteiger partial charge in [0.1, 0.15) is 23.6 Å². The number of nitrogens with zero attached hydrogens (tertiary/aromatic N) is 1. The molecule has 0 unspecified atom stereocenters. The molecule has 7 nitrogen and oxygen atoms in total. The summed E-state index contributed by atoms with van der Waals surface area (Å²) in [6, 6.07) is -1.88. The third kappa shape index (κ3) is 3.68. The average Bonchev–Trinajstić information content (AvgIpc) is 2.50. The number of amides is 1. The molecule has 0 spiro atoms. The highest BCUT2D eigenvalue weighted by Gasteiger charge is 2.51. The molecular formula is C13H23NO6. The Morgan fingerprint density at radius 2 is 1.65 bits per heavy atom. The molecule has 4 atom stereocenters. The number of ether oxygens (including phenoxy) is 1. The van der Waals surface area contributed by atoms with Crippen molar-refractivity contribution in [3.05, 3.63) is 0 Å². The fourth-order valence-electron chi connectivity index (χ4n) is 2.33. The van der Waals surface area contributed by atoms with Gasteiger partial charge in [0.2, 0.25) is 0 Å². The second-order valence-electron chi connectivity index (χ2n) is 6.09. The van der Waals surface area contributed by atoms with E-state index in [0.29, 0.717) is 0 Å². The van der Waals surface area contributed by atoms with E-state index in [0.717, 1.165) is 4.90 Å². The van der Waals surface area contributed by atoms with Crippen molar-refractivity contribution in [1.82, 2.24) is 4.90 Å². The van der Waals surface area contributed by atoms with E-state index < -0.39 is 42.6 Å². The first-order valence-corrected chi connectivity index (χ1v) is 6.56. The molecular weight excluding hydrogens is 266 g/mol. The summed E-state index contributed by atoms with van der Waals surface area (Å²) in [5.74, 6) is -0.228. The summed E-state index contributed by atoms with van der Waals surface area (Å²) >= 11 is 0. The van der Waals surface area contributed by atoms with Crippen LogP contribution in [0.1, 0.15) is 34.1 Å². The van der Waals surface area contributed by atoms with Crippen LogP contribution in [0.3, 0.4) is 0 Å². The number of carbonyl (C=O) groups excluding carboxylic acids is 2. The van der Waals surface area contributed by atoms with Gasteiger partial charge in [0.25, 0.3) is 0 Å². The van der Waals surface area contributed by atoms with E-state index in [9.17, 15) is 24.9 Å². The van der Waals surface area contributed by atoms with Crippen molar-refractivity contribution in [3.63, 3.8) is 0 Å². The predicted molar refractivity (Wildman–Crippen MR) is 70.0 cm³/mol. The predicted octanol–water partition coefficient (Wildman–Crippen LogP) is -0.333. The minimum Gasteiger partial charge on any atom is -0.444 e. The zero-order valence-electron chi connectivity index (χ0n) is 12.2. The van der Waals surface area contributed by atoms with Crippen LogP contribution in [0.15, 0.2) is 0 Å². The van der Waals surface area contributed by atoms with Crippen LogP contribution in [-0.2, 0) is 9.53 Å². The molecule has 0 aromatic carbocycles. The molecule has 1 fully saturated rings. The number of aliphatic hydroxyl groups excluding tert-OH is 3. The first-order valence-electron chi connectivity index (χ1n) is 6.56. The number of Topliss-reactive ketones (excluding diaryl/α,β-unsaturated/α-hetero) is 1. The van der Waals surface area contributed by atoms with Crippen molar-refractivity contribution >= 4 is 11.9 Å². The minimum absolute atomic E-state index is 0.103. The molecule has 3 N–H and O–H groups in total. The first-order chi connectivity index (χ1) is 9.08. The molecule has 1 aliphatic heterocycles. The third-order valence-electron chi connectivity index (χ3n) is 3.14. The van der Waals surface area contributed by atoms with Crippen molar-refractivity contribution in [2.24, 2.45) is 0 Å². The number of aliphatic hydroxyl groups is 3. The zero-order chi connectivity index (χ0) is 15.7. The van der Waals surface area contributed by atoms with Crippen LogP contribution in [0.5, 0.6) is 0 Å². The van der Waals surface area contributed by atoms with E-state index in [1.54, 1.807) is 20.8 Å². The summed E-state index contributed by atoms with van der Waals surface area (Å²) in [4.78, 5) is 24.5. The summed E-state index contributed by atoms with van der Waals surface area (Å²) in [6.45, 7) is 5.86. The number of rotatable bonds is 3. The van der Waals surface area contributed by atoms with Gasteiger partial charge in [0.15, 0.2) is 0 Å². The average molecular weight is 289 g/mol. The Kier molecular flexibility index (Phi) is 5.12. The maximum Gasteiger partial charge on any atom is 0.411 e. The molecule has 0 aliphatic carbocycles. The Balaban J connectivity index is 3.01. The van der Waals surface area contributed by atoms with Gasteiger partial charge in [0, 0.05) is 6.42 Å². The molecule has 1 saturated heterocycles. The normalized spacial score (nSPS) is 30.4. The van der Waals surface area contributed by atoms with E-state index in [4.69, 9.17) is 4.74 Å². The van der Waals surface area contributed by atoms with E-state index in [-0.39, 0.29) is 12.2 Å². The topological polar surface area (TPSA) is 107 Å². The fraction of sp³-hybridized carbons (Fsp3) is 0.846. The number of hydrogen-bond donors (Lipinski definition) is 3. The smallest absolute Gasteiger partial charge is 0.411 e. The summed E-state index contributed by atoms with van der Waals surface area (Å²) in [6.07, 6.45) is -3.47. The third-order valence-corrected chi connectivity index (χ3v) is 3.14. The minimum atomic E-state index is -1.31. The Bertz CT molecular complexity index is 378. The van der Waals surface area contributed by atoms with E-state index in [1.165, 1.54) is 6.92 Å². The van der Waals surface area contributed by atoms with Crippen molar-refractivity contribution < 1.29 is 29.6 Å². The summed E-state index contributed by atoms with van der Waals surface area (Å²) in [5, 5.41) is 29.2. The molecule has 116 valence electrons. The molecule has 1 heterocycles. The van der Waals surface area contributed by atoms with Crippen molar-refractivity contribution in [3.8, 4) is 0 Å². The second kappa shape index (κ2) is 6.07. The lowest BCUT2D eigenvalue weighted by Gasteiger charge is -2.31. The van der Waals surface area contributed by atoms with Gasteiger partial charge in [-0.2, -0.15) is 0 Å². The molecule has 7 heteroatoms. The number of carbonyl (C=O) groups is 2. The largest absolute Gasteiger partial charge is 0.444 e. The SMILES string of the molecule is CC(=O)C[C@@H]1[C@@H](O)[C@H](O)[C@@H](CO)N1C(=O)OC(C)(C)C. The Labute approximate surface area is 118 Å². The van der Waals surface area contributed by atoms with E-state index >= 15 is 0 Å². The Hall–Kier alpha value is -1.18. The molecule has 0 aromatic rings. The van der Waals surface area contributed by atoms with Crippen LogP contribution < -0.4 is 0 Å². The van der Waals surface area contributed by atoms with Gasteiger partial charge >= 0.3 is 6.09 Å². The van der Waals surface area contributed by atoms with Crippen LogP contribution in [0.4, 0.5) is 4.79 Å². The quantitative estimate of drug-likeness (QED) is 0.656. The molecule has 1 amide bonds. The molecule has 0 bridgehead atoms. The highest BCUT2D eigenvalue weighted by atomic mass is 16.6. The standard InChI is InChI=1S/C13H23NO6/c1-7(16)5-8-10(17)11(18)9(6-15)14(8)12(19)20-13(2,3)4/h8-11,15,17-18H,5-6H2,1-4H3/t8-,9-,10-,11-/m1/s1. The molecule has 0 saturated carbocycles. The number of likely N-dealkylation sites (tertiary alicyclic amines) is 1. The van der Waals surface area contributed by atoms with Gasteiger partial charge in [-0.25, -0.2) is 4.79 Å². The maximum atomic E-state index is 12.2. The molecule has 1 aliphatic rings. The zero-order valence-corrected chi connectivity index (χ0v) is 12.2. The molecule has 20 heavy (non-hydrogen) atoms. The lowest BCUT2D eigenvalue weighted by atomic mass is 10.0. The summed E-state index contributed by atoms with van der Waals surface area (Å²) in [5.41, 5.74) is -0.754. The fourth-order valence-corrected chi connectivity index (χ4v) is 2.33. The van der Waals surface area contributed by atoms with E-state index in [2.05, 4.69) is 0 Å². The summed E-state index contributed by atoms with van der Waals surface area (Å²) in [7, 11) is 0. The lowest BCUT2D eigenvalue weighted by Crippen LogP contribution is -2.48. The Morgan fingerprint density at radius 1 is 1.15 bits per heavy atom. The van der Waals surface area contributed by atoms with Gasteiger partial charge in [-0.3, -0.25) is 9.69 Å². The van der Waals surface area contributed by atoms with Crippen molar-refractivity contribution in [2.75, 3.05) is 6.61 Å². The van der Waals surface area contributed by atoms with Gasteiger partial charge in [-0.15, -0.1) is 0 Å². The van der Waals surface area contributed by atoms with Crippen molar-refractivity contribution in [1.29, 1.82) is 0 Å². The van der Waals surface area contributed by atoms with Gasteiger partial charge in [-0.05, 0) is 27.7 Å². The van der Waals surface area contributed by atoms with Crippen LogP contribution in [0.2, 0.25) is 0 Å². The maximum absolute atomic E-state index is 12.2. The second-order valence-corrected chi connectivity index (χ2v) is 6.09. The number of ketones is 1. The van der Waals surface area contributed by atoms with Crippen LogP contribution in [0, 0.1) is 0 Å². The monoisotopic (exact) mass is 289 g/mol. The van der Waals surface area contributed by atoms with Crippen LogP contribution in [0.25, 0.3) is 0 Å². The van der Waals surface area contributed by atoms with Gasteiger partial charge in [-0.1, -0.05) is 0 Å². The van der Waals surface area contributed by atoms with Gasteiger partial charge in [0.05, 0.1) is 18.7 Å². The number of hydrogen-bond acceptors (Lipinski definition) is 6. The van der Waals surface area contributed by atoms with Crippen LogP contribution in [-0.4, -0.2) is 68.6 Å².